The predicted octanol–water partition coefficient (Wildman–Crippen LogP) is 2.73. The number of carbonyl (C=O) groups excluding carboxylic acids is 2. The Labute approximate surface area is 182 Å². The average molecular weight is 508 g/mol. The lowest BCUT2D eigenvalue weighted by Gasteiger charge is -2.19. The molecule has 0 aliphatic carbocycles. The van der Waals surface area contributed by atoms with E-state index in [1.807, 2.05) is 31.2 Å². The summed E-state index contributed by atoms with van der Waals surface area (Å²) in [6.07, 6.45) is 1.21. The van der Waals surface area contributed by atoms with E-state index in [1.165, 1.54) is 4.90 Å². The molecule has 150 valence electrons. The van der Waals surface area contributed by atoms with E-state index in [0.717, 1.165) is 5.56 Å². The highest BCUT2D eigenvalue weighted by Gasteiger charge is 2.45. The first-order valence-electron chi connectivity index (χ1n) is 8.72. The number of guanidine groups is 1. The third-order valence-electron chi connectivity index (χ3n) is 4.48. The summed E-state index contributed by atoms with van der Waals surface area (Å²) in [5.74, 6) is 0.494. The van der Waals surface area contributed by atoms with E-state index >= 15 is 0 Å². The van der Waals surface area contributed by atoms with Gasteiger partial charge < -0.3 is 16.0 Å². The molecule has 0 aromatic heterocycles. The minimum atomic E-state index is -0.779. The SMILES string of the molecule is CCC1(C)NC(=O)N(CCCNC(=NC)NCc2cccc(Cl)c2)C1=O.I. The minimum Gasteiger partial charge on any atom is -0.356 e. The van der Waals surface area contributed by atoms with Gasteiger partial charge in [-0.1, -0.05) is 30.7 Å². The van der Waals surface area contributed by atoms with Crippen molar-refractivity contribution >= 4 is 53.5 Å². The van der Waals surface area contributed by atoms with Crippen molar-refractivity contribution in [2.45, 2.75) is 38.8 Å². The molecular weight excluding hydrogens is 481 g/mol. The van der Waals surface area contributed by atoms with Gasteiger partial charge >= 0.3 is 6.03 Å². The number of aliphatic imine (C=N–C) groups is 1. The molecular formula is C18H27ClIN5O2. The number of rotatable bonds is 7. The zero-order chi connectivity index (χ0) is 19.2. The van der Waals surface area contributed by atoms with Gasteiger partial charge in [-0.15, -0.1) is 24.0 Å². The van der Waals surface area contributed by atoms with Gasteiger partial charge in [-0.25, -0.2) is 4.79 Å². The molecule has 7 nitrogen and oxygen atoms in total. The molecule has 1 unspecified atom stereocenters. The van der Waals surface area contributed by atoms with Crippen LogP contribution in [0.3, 0.4) is 0 Å². The summed E-state index contributed by atoms with van der Waals surface area (Å²) in [7, 11) is 1.69. The zero-order valence-electron chi connectivity index (χ0n) is 15.8. The first-order valence-corrected chi connectivity index (χ1v) is 9.10. The number of carbonyl (C=O) groups is 2. The van der Waals surface area contributed by atoms with Crippen molar-refractivity contribution < 1.29 is 9.59 Å². The van der Waals surface area contributed by atoms with Gasteiger partial charge in [0.15, 0.2) is 5.96 Å². The predicted molar refractivity (Wildman–Crippen MR) is 119 cm³/mol. The van der Waals surface area contributed by atoms with Crippen molar-refractivity contribution in [2.75, 3.05) is 20.1 Å². The Morgan fingerprint density at radius 1 is 1.33 bits per heavy atom. The maximum Gasteiger partial charge on any atom is 0.325 e. The quantitative estimate of drug-likeness (QED) is 0.174. The summed E-state index contributed by atoms with van der Waals surface area (Å²) in [5, 5.41) is 9.83. The monoisotopic (exact) mass is 507 g/mol. The second-order valence-electron chi connectivity index (χ2n) is 6.41. The molecule has 1 fully saturated rings. The number of benzene rings is 1. The Morgan fingerprint density at radius 3 is 2.67 bits per heavy atom. The third-order valence-corrected chi connectivity index (χ3v) is 4.71. The van der Waals surface area contributed by atoms with Gasteiger partial charge in [0.2, 0.25) is 0 Å². The summed E-state index contributed by atoms with van der Waals surface area (Å²) >= 11 is 5.97. The molecule has 1 saturated heterocycles. The highest BCUT2D eigenvalue weighted by atomic mass is 127. The number of hydrogen-bond donors (Lipinski definition) is 3. The number of amides is 3. The van der Waals surface area contributed by atoms with Crippen LogP contribution in [0.1, 0.15) is 32.3 Å². The van der Waals surface area contributed by atoms with Crippen LogP contribution in [0.25, 0.3) is 0 Å². The van der Waals surface area contributed by atoms with Crippen LogP contribution in [0.15, 0.2) is 29.3 Å². The molecule has 27 heavy (non-hydrogen) atoms. The van der Waals surface area contributed by atoms with Crippen LogP contribution in [-0.2, 0) is 11.3 Å². The lowest BCUT2D eigenvalue weighted by atomic mass is 9.99. The Morgan fingerprint density at radius 2 is 2.07 bits per heavy atom. The zero-order valence-corrected chi connectivity index (χ0v) is 18.9. The molecule has 1 aliphatic heterocycles. The number of nitrogens with one attached hydrogen (secondary N) is 3. The van der Waals surface area contributed by atoms with Crippen LogP contribution in [0.2, 0.25) is 5.02 Å². The Kier molecular flexibility index (Phi) is 9.31. The van der Waals surface area contributed by atoms with Crippen molar-refractivity contribution in [3.63, 3.8) is 0 Å². The maximum atomic E-state index is 12.3. The molecule has 1 aromatic rings. The van der Waals surface area contributed by atoms with Gasteiger partial charge in [-0.3, -0.25) is 14.7 Å². The molecule has 3 amide bonds. The summed E-state index contributed by atoms with van der Waals surface area (Å²) in [5.41, 5.74) is 0.276. The minimum absolute atomic E-state index is 0. The van der Waals surface area contributed by atoms with E-state index in [1.54, 1.807) is 14.0 Å². The van der Waals surface area contributed by atoms with Crippen LogP contribution < -0.4 is 16.0 Å². The van der Waals surface area contributed by atoms with E-state index in [0.29, 0.717) is 43.5 Å². The number of nitrogens with zero attached hydrogens (tertiary/aromatic N) is 2. The Hall–Kier alpha value is -1.55. The average Bonchev–Trinajstić information content (AvgIpc) is 2.84. The van der Waals surface area contributed by atoms with Crippen molar-refractivity contribution in [3.05, 3.63) is 34.9 Å². The van der Waals surface area contributed by atoms with Gasteiger partial charge in [-0.2, -0.15) is 0 Å². The van der Waals surface area contributed by atoms with Gasteiger partial charge in [0, 0.05) is 31.7 Å². The van der Waals surface area contributed by atoms with Gasteiger partial charge in [0.05, 0.1) is 0 Å². The highest BCUT2D eigenvalue weighted by Crippen LogP contribution is 2.20. The van der Waals surface area contributed by atoms with Crippen LogP contribution in [0, 0.1) is 0 Å². The van der Waals surface area contributed by atoms with Crippen molar-refractivity contribution in [3.8, 4) is 0 Å². The molecule has 0 saturated carbocycles. The lowest BCUT2D eigenvalue weighted by molar-refractivity contribution is -0.130. The number of urea groups is 1. The van der Waals surface area contributed by atoms with Gasteiger partial charge in [0.25, 0.3) is 5.91 Å². The normalized spacial score (nSPS) is 19.6. The third kappa shape index (κ3) is 6.24. The summed E-state index contributed by atoms with van der Waals surface area (Å²) in [6, 6.07) is 7.29. The van der Waals surface area contributed by atoms with E-state index in [2.05, 4.69) is 20.9 Å². The molecule has 1 atom stereocenters. The second kappa shape index (κ2) is 10.7. The smallest absolute Gasteiger partial charge is 0.325 e. The number of imide groups is 1. The Bertz CT molecular complexity index is 700. The molecule has 3 N–H and O–H groups in total. The lowest BCUT2D eigenvalue weighted by Crippen LogP contribution is -2.43. The molecule has 1 aliphatic rings. The van der Waals surface area contributed by atoms with Gasteiger partial charge in [0.1, 0.15) is 5.54 Å². The first-order chi connectivity index (χ1) is 12.4. The van der Waals surface area contributed by atoms with Crippen molar-refractivity contribution in [1.82, 2.24) is 20.9 Å². The Balaban J connectivity index is 0.00000364. The molecule has 2 rings (SSSR count). The largest absolute Gasteiger partial charge is 0.356 e. The van der Waals surface area contributed by atoms with Gasteiger partial charge in [-0.05, 0) is 37.5 Å². The molecule has 9 heteroatoms. The standard InChI is InChI=1S/C18H26ClN5O2.HI/c1-4-18(2)15(25)24(17(26)23-18)10-6-9-21-16(20-3)22-12-13-7-5-8-14(19)11-13;/h5,7-8,11H,4,6,9-10,12H2,1-3H3,(H,23,26)(H2,20,21,22);1H. The van der Waals surface area contributed by atoms with E-state index in [-0.39, 0.29) is 35.9 Å². The molecule has 1 aromatic carbocycles. The van der Waals surface area contributed by atoms with Crippen LogP contribution in [-0.4, -0.2) is 48.5 Å². The maximum absolute atomic E-state index is 12.3. The van der Waals surface area contributed by atoms with Crippen LogP contribution in [0.4, 0.5) is 4.79 Å². The fourth-order valence-corrected chi connectivity index (χ4v) is 2.90. The van der Waals surface area contributed by atoms with Crippen molar-refractivity contribution in [1.29, 1.82) is 0 Å². The molecule has 0 spiro atoms. The number of halogens is 2. The van der Waals surface area contributed by atoms with E-state index in [9.17, 15) is 9.59 Å². The summed E-state index contributed by atoms with van der Waals surface area (Å²) in [6.45, 7) is 5.21. The molecule has 0 bridgehead atoms. The molecule has 1 heterocycles. The number of hydrogen-bond acceptors (Lipinski definition) is 3. The molecule has 0 radical (unpaired) electrons. The topological polar surface area (TPSA) is 85.8 Å². The van der Waals surface area contributed by atoms with E-state index < -0.39 is 5.54 Å². The fraction of sp³-hybridized carbons (Fsp3) is 0.500. The fourth-order valence-electron chi connectivity index (χ4n) is 2.69. The summed E-state index contributed by atoms with van der Waals surface area (Å²) < 4.78 is 0. The summed E-state index contributed by atoms with van der Waals surface area (Å²) in [4.78, 5) is 29.7. The van der Waals surface area contributed by atoms with E-state index in [4.69, 9.17) is 11.6 Å². The second-order valence-corrected chi connectivity index (χ2v) is 6.85. The van der Waals surface area contributed by atoms with Crippen LogP contribution >= 0.6 is 35.6 Å². The first kappa shape index (κ1) is 23.5. The van der Waals surface area contributed by atoms with Crippen molar-refractivity contribution in [2.24, 2.45) is 4.99 Å². The highest BCUT2D eigenvalue weighted by molar-refractivity contribution is 14.0. The van der Waals surface area contributed by atoms with Crippen LogP contribution in [0.5, 0.6) is 0 Å².